The minimum Gasteiger partial charge on any atom is -0.378 e. The highest BCUT2D eigenvalue weighted by Crippen LogP contribution is 2.22. The van der Waals surface area contributed by atoms with Gasteiger partial charge in [0.1, 0.15) is 0 Å². The predicted molar refractivity (Wildman–Crippen MR) is 85.4 cm³/mol. The molecule has 1 N–H and O–H groups in total. The first kappa shape index (κ1) is 13.9. The van der Waals surface area contributed by atoms with E-state index in [1.165, 1.54) is 5.69 Å². The van der Waals surface area contributed by atoms with E-state index in [-0.39, 0.29) is 0 Å². The molecule has 0 unspecified atom stereocenters. The molecule has 0 saturated carbocycles. The van der Waals surface area contributed by atoms with E-state index in [9.17, 15) is 0 Å². The smallest absolute Gasteiger partial charge is 0.207 e. The molecule has 1 saturated heterocycles. The average Bonchev–Trinajstić information content (AvgIpc) is 2.97. The number of hydrogen-bond acceptors (Lipinski definition) is 4. The third-order valence-corrected chi connectivity index (χ3v) is 3.72. The Hall–Kier alpha value is -2.01. The van der Waals surface area contributed by atoms with Crippen molar-refractivity contribution in [3.63, 3.8) is 0 Å². The van der Waals surface area contributed by atoms with Gasteiger partial charge in [-0.25, -0.2) is 4.98 Å². The highest BCUT2D eigenvalue weighted by molar-refractivity contribution is 5.59. The van der Waals surface area contributed by atoms with Crippen LogP contribution in [0.4, 0.5) is 17.3 Å². The highest BCUT2D eigenvalue weighted by atomic mass is 16.5. The molecule has 112 valence electrons. The lowest BCUT2D eigenvalue weighted by molar-refractivity contribution is 0.122. The van der Waals surface area contributed by atoms with E-state index in [2.05, 4.69) is 57.9 Å². The Morgan fingerprint density at radius 2 is 1.86 bits per heavy atom. The van der Waals surface area contributed by atoms with E-state index >= 15 is 0 Å². The Balaban J connectivity index is 1.70. The molecule has 0 amide bonds. The second-order valence-electron chi connectivity index (χ2n) is 5.52. The van der Waals surface area contributed by atoms with Crippen LogP contribution < -0.4 is 10.2 Å². The third-order valence-electron chi connectivity index (χ3n) is 3.72. The summed E-state index contributed by atoms with van der Waals surface area (Å²) in [6, 6.07) is 8.89. The zero-order valence-electron chi connectivity index (χ0n) is 12.6. The van der Waals surface area contributed by atoms with Crippen LogP contribution in [0.3, 0.4) is 0 Å². The van der Waals surface area contributed by atoms with Crippen LogP contribution in [0.15, 0.2) is 36.7 Å². The monoisotopic (exact) mass is 286 g/mol. The number of rotatable bonds is 4. The molecule has 1 aliphatic heterocycles. The molecule has 5 heteroatoms. The molecule has 1 fully saturated rings. The number of nitrogens with one attached hydrogen (secondary N) is 1. The van der Waals surface area contributed by atoms with Gasteiger partial charge in [0, 0.05) is 42.9 Å². The fourth-order valence-electron chi connectivity index (χ4n) is 2.53. The fourth-order valence-corrected chi connectivity index (χ4v) is 2.53. The minimum atomic E-state index is 0.391. The number of morpholine rings is 1. The highest BCUT2D eigenvalue weighted by Gasteiger charge is 2.11. The lowest BCUT2D eigenvalue weighted by atomic mass is 10.2. The van der Waals surface area contributed by atoms with Crippen molar-refractivity contribution in [2.75, 3.05) is 36.5 Å². The van der Waals surface area contributed by atoms with Gasteiger partial charge in [0.25, 0.3) is 0 Å². The van der Waals surface area contributed by atoms with E-state index < -0.39 is 0 Å². The van der Waals surface area contributed by atoms with E-state index in [1.807, 2.05) is 12.4 Å². The van der Waals surface area contributed by atoms with E-state index in [1.54, 1.807) is 0 Å². The van der Waals surface area contributed by atoms with Crippen molar-refractivity contribution in [3.05, 3.63) is 36.7 Å². The molecule has 5 nitrogen and oxygen atoms in total. The normalized spacial score (nSPS) is 15.5. The maximum absolute atomic E-state index is 5.39. The molecule has 21 heavy (non-hydrogen) atoms. The summed E-state index contributed by atoms with van der Waals surface area (Å²) in [4.78, 5) is 6.72. The molecule has 1 aromatic heterocycles. The molecule has 0 radical (unpaired) electrons. The minimum absolute atomic E-state index is 0.391. The van der Waals surface area contributed by atoms with Crippen molar-refractivity contribution >= 4 is 17.3 Å². The number of hydrogen-bond donors (Lipinski definition) is 1. The van der Waals surface area contributed by atoms with Crippen LogP contribution in [0, 0.1) is 0 Å². The zero-order chi connectivity index (χ0) is 14.7. The molecule has 0 aliphatic carbocycles. The molecule has 1 aliphatic rings. The quantitative estimate of drug-likeness (QED) is 0.938. The van der Waals surface area contributed by atoms with Crippen LogP contribution >= 0.6 is 0 Å². The number of ether oxygens (including phenoxy) is 1. The molecule has 2 aromatic rings. The largest absolute Gasteiger partial charge is 0.378 e. The van der Waals surface area contributed by atoms with Gasteiger partial charge < -0.3 is 19.5 Å². The lowest BCUT2D eigenvalue weighted by Gasteiger charge is -2.28. The van der Waals surface area contributed by atoms with E-state index in [4.69, 9.17) is 4.74 Å². The first-order valence-corrected chi connectivity index (χ1v) is 7.46. The second-order valence-corrected chi connectivity index (χ2v) is 5.52. The van der Waals surface area contributed by atoms with Crippen LogP contribution in [0.25, 0.3) is 0 Å². The summed E-state index contributed by atoms with van der Waals surface area (Å²) < 4.78 is 7.51. The van der Waals surface area contributed by atoms with Crippen LogP contribution in [-0.2, 0) is 4.74 Å². The average molecular weight is 286 g/mol. The standard InChI is InChI=1S/C16H22N4O/c1-13(2)20-8-7-17-16(20)18-14-3-5-15(6-4-14)19-9-11-21-12-10-19/h3-8,13H,9-12H2,1-2H3,(H,17,18). The number of nitrogens with zero attached hydrogens (tertiary/aromatic N) is 3. The van der Waals surface area contributed by atoms with Crippen molar-refractivity contribution < 1.29 is 4.74 Å². The van der Waals surface area contributed by atoms with Gasteiger partial charge in [-0.2, -0.15) is 0 Å². The molecule has 1 aromatic carbocycles. The number of imidazole rings is 1. The molecule has 0 atom stereocenters. The Kier molecular flexibility index (Phi) is 4.10. The summed E-state index contributed by atoms with van der Waals surface area (Å²) in [6.07, 6.45) is 3.82. The van der Waals surface area contributed by atoms with Gasteiger partial charge in [-0.15, -0.1) is 0 Å². The van der Waals surface area contributed by atoms with Gasteiger partial charge in [-0.05, 0) is 38.1 Å². The molecule has 0 spiro atoms. The number of anilines is 3. The van der Waals surface area contributed by atoms with Crippen LogP contribution in [0.5, 0.6) is 0 Å². The molecule has 2 heterocycles. The fraction of sp³-hybridized carbons (Fsp3) is 0.438. The van der Waals surface area contributed by atoms with Crippen molar-refractivity contribution in [2.24, 2.45) is 0 Å². The Bertz CT molecular complexity index is 570. The molecular weight excluding hydrogens is 264 g/mol. The van der Waals surface area contributed by atoms with E-state index in [0.717, 1.165) is 37.9 Å². The first-order valence-electron chi connectivity index (χ1n) is 7.46. The summed E-state index contributed by atoms with van der Waals surface area (Å²) in [5.74, 6) is 0.879. The zero-order valence-corrected chi connectivity index (χ0v) is 12.6. The van der Waals surface area contributed by atoms with Crippen LogP contribution in [-0.4, -0.2) is 35.9 Å². The van der Waals surface area contributed by atoms with Crippen LogP contribution in [0.2, 0.25) is 0 Å². The summed E-state index contributed by atoms with van der Waals surface area (Å²) in [6.45, 7) is 7.84. The van der Waals surface area contributed by atoms with Gasteiger partial charge in [-0.3, -0.25) is 0 Å². The van der Waals surface area contributed by atoms with Crippen molar-refractivity contribution in [2.45, 2.75) is 19.9 Å². The Labute approximate surface area is 125 Å². The van der Waals surface area contributed by atoms with E-state index in [0.29, 0.717) is 6.04 Å². The molecular formula is C16H22N4O. The van der Waals surface area contributed by atoms with Gasteiger partial charge in [0.2, 0.25) is 5.95 Å². The summed E-state index contributed by atoms with van der Waals surface area (Å²) in [5, 5.41) is 3.37. The maximum Gasteiger partial charge on any atom is 0.207 e. The summed E-state index contributed by atoms with van der Waals surface area (Å²) in [7, 11) is 0. The molecule has 0 bridgehead atoms. The Morgan fingerprint density at radius 3 is 2.52 bits per heavy atom. The maximum atomic E-state index is 5.39. The van der Waals surface area contributed by atoms with Crippen LogP contribution in [0.1, 0.15) is 19.9 Å². The van der Waals surface area contributed by atoms with Gasteiger partial charge in [0.15, 0.2) is 0 Å². The Morgan fingerprint density at radius 1 is 1.14 bits per heavy atom. The van der Waals surface area contributed by atoms with Gasteiger partial charge in [0.05, 0.1) is 13.2 Å². The second kappa shape index (κ2) is 6.18. The van der Waals surface area contributed by atoms with Crippen molar-refractivity contribution in [3.8, 4) is 0 Å². The third kappa shape index (κ3) is 3.19. The predicted octanol–water partition coefficient (Wildman–Crippen LogP) is 3.04. The van der Waals surface area contributed by atoms with Gasteiger partial charge in [-0.1, -0.05) is 0 Å². The summed E-state index contributed by atoms with van der Waals surface area (Å²) in [5.41, 5.74) is 2.30. The number of aromatic nitrogens is 2. The SMILES string of the molecule is CC(C)n1ccnc1Nc1ccc(N2CCOCC2)cc1. The molecule has 3 rings (SSSR count). The topological polar surface area (TPSA) is 42.3 Å². The first-order chi connectivity index (χ1) is 10.2. The van der Waals surface area contributed by atoms with Crippen molar-refractivity contribution in [1.82, 2.24) is 9.55 Å². The number of benzene rings is 1. The van der Waals surface area contributed by atoms with Crippen molar-refractivity contribution in [1.29, 1.82) is 0 Å². The lowest BCUT2D eigenvalue weighted by Crippen LogP contribution is -2.36. The van der Waals surface area contributed by atoms with Gasteiger partial charge >= 0.3 is 0 Å². The summed E-state index contributed by atoms with van der Waals surface area (Å²) >= 11 is 0.